The van der Waals surface area contributed by atoms with Gasteiger partial charge in [0.25, 0.3) is 0 Å². The molecule has 2 fully saturated rings. The van der Waals surface area contributed by atoms with Gasteiger partial charge in [0.1, 0.15) is 0 Å². The predicted molar refractivity (Wildman–Crippen MR) is 55.1 cm³/mol. The summed E-state index contributed by atoms with van der Waals surface area (Å²) in [4.78, 5) is 14.0. The summed E-state index contributed by atoms with van der Waals surface area (Å²) in [6.07, 6.45) is 3.21. The number of hydrogen-bond acceptors (Lipinski definition) is 3. The van der Waals surface area contributed by atoms with Gasteiger partial charge in [0.15, 0.2) is 0 Å². The molecule has 0 aromatic carbocycles. The number of likely N-dealkylation sites (N-methyl/N-ethyl adjacent to an activating group) is 1. The molecule has 0 spiro atoms. The van der Waals surface area contributed by atoms with Crippen LogP contribution >= 0.6 is 0 Å². The highest BCUT2D eigenvalue weighted by Gasteiger charge is 2.26. The highest BCUT2D eigenvalue weighted by atomic mass is 16.2. The Morgan fingerprint density at radius 1 is 1.50 bits per heavy atom. The zero-order valence-corrected chi connectivity index (χ0v) is 8.75. The average Bonchev–Trinajstić information content (AvgIpc) is 2.75. The van der Waals surface area contributed by atoms with Crippen LogP contribution in [-0.4, -0.2) is 49.6 Å². The topological polar surface area (TPSA) is 44.4 Å². The van der Waals surface area contributed by atoms with E-state index in [-0.39, 0.29) is 11.9 Å². The SMILES string of the molecule is CN1CCC(NC(=O)C2CCCN2)C1. The molecule has 0 aromatic rings. The van der Waals surface area contributed by atoms with E-state index in [0.717, 1.165) is 38.9 Å². The van der Waals surface area contributed by atoms with Crippen LogP contribution in [-0.2, 0) is 4.79 Å². The molecule has 0 bridgehead atoms. The lowest BCUT2D eigenvalue weighted by Gasteiger charge is -2.16. The quantitative estimate of drug-likeness (QED) is 0.631. The van der Waals surface area contributed by atoms with Crippen LogP contribution in [0.4, 0.5) is 0 Å². The second-order valence-corrected chi connectivity index (χ2v) is 4.41. The van der Waals surface area contributed by atoms with Crippen molar-refractivity contribution in [1.82, 2.24) is 15.5 Å². The second kappa shape index (κ2) is 4.28. The van der Waals surface area contributed by atoms with Gasteiger partial charge in [-0.25, -0.2) is 0 Å². The molecule has 1 amide bonds. The summed E-state index contributed by atoms with van der Waals surface area (Å²) in [7, 11) is 2.10. The van der Waals surface area contributed by atoms with Crippen molar-refractivity contribution >= 4 is 5.91 Å². The van der Waals surface area contributed by atoms with Crippen molar-refractivity contribution in [2.75, 3.05) is 26.7 Å². The number of rotatable bonds is 2. The fourth-order valence-corrected chi connectivity index (χ4v) is 2.26. The van der Waals surface area contributed by atoms with E-state index in [1.165, 1.54) is 0 Å². The lowest BCUT2D eigenvalue weighted by molar-refractivity contribution is -0.123. The van der Waals surface area contributed by atoms with Crippen molar-refractivity contribution in [3.8, 4) is 0 Å². The molecule has 0 radical (unpaired) electrons. The predicted octanol–water partition coefficient (Wildman–Crippen LogP) is -0.441. The summed E-state index contributed by atoms with van der Waals surface area (Å²) in [6, 6.07) is 0.441. The van der Waals surface area contributed by atoms with Gasteiger partial charge in [0.05, 0.1) is 6.04 Å². The number of carbonyl (C=O) groups excluding carboxylic acids is 1. The smallest absolute Gasteiger partial charge is 0.237 e. The molecule has 0 aromatic heterocycles. The van der Waals surface area contributed by atoms with E-state index in [9.17, 15) is 4.79 Å². The molecule has 4 nitrogen and oxygen atoms in total. The number of amides is 1. The van der Waals surface area contributed by atoms with Crippen LogP contribution in [0.1, 0.15) is 19.3 Å². The molecule has 0 saturated carbocycles. The Bertz CT molecular complexity index is 213. The van der Waals surface area contributed by atoms with E-state index < -0.39 is 0 Å². The van der Waals surface area contributed by atoms with Crippen LogP contribution in [0.3, 0.4) is 0 Å². The zero-order chi connectivity index (χ0) is 9.97. The number of nitrogens with one attached hydrogen (secondary N) is 2. The number of carbonyl (C=O) groups is 1. The van der Waals surface area contributed by atoms with Crippen LogP contribution < -0.4 is 10.6 Å². The first-order valence-electron chi connectivity index (χ1n) is 5.48. The monoisotopic (exact) mass is 197 g/mol. The van der Waals surface area contributed by atoms with Crippen molar-refractivity contribution in [2.45, 2.75) is 31.3 Å². The van der Waals surface area contributed by atoms with Gasteiger partial charge in [-0.05, 0) is 39.4 Å². The minimum atomic E-state index is 0.0703. The Balaban J connectivity index is 1.76. The normalized spacial score (nSPS) is 33.5. The van der Waals surface area contributed by atoms with Crippen molar-refractivity contribution in [2.24, 2.45) is 0 Å². The summed E-state index contributed by atoms with van der Waals surface area (Å²) < 4.78 is 0. The van der Waals surface area contributed by atoms with Gasteiger partial charge in [0, 0.05) is 12.6 Å². The molecule has 0 aliphatic carbocycles. The van der Waals surface area contributed by atoms with E-state index in [2.05, 4.69) is 22.6 Å². The van der Waals surface area contributed by atoms with Crippen LogP contribution in [0.15, 0.2) is 0 Å². The first kappa shape index (κ1) is 9.93. The maximum absolute atomic E-state index is 11.7. The van der Waals surface area contributed by atoms with E-state index in [0.29, 0.717) is 6.04 Å². The Morgan fingerprint density at radius 3 is 2.93 bits per heavy atom. The van der Waals surface area contributed by atoms with E-state index in [1.807, 2.05) is 0 Å². The van der Waals surface area contributed by atoms with E-state index in [4.69, 9.17) is 0 Å². The highest BCUT2D eigenvalue weighted by molar-refractivity contribution is 5.82. The zero-order valence-electron chi connectivity index (χ0n) is 8.75. The van der Waals surface area contributed by atoms with Crippen LogP contribution in [0.2, 0.25) is 0 Å². The molecule has 2 atom stereocenters. The molecule has 2 aliphatic heterocycles. The van der Waals surface area contributed by atoms with E-state index >= 15 is 0 Å². The van der Waals surface area contributed by atoms with Gasteiger partial charge in [-0.2, -0.15) is 0 Å². The molecule has 2 aliphatic rings. The van der Waals surface area contributed by atoms with Crippen LogP contribution in [0.5, 0.6) is 0 Å². The molecule has 4 heteroatoms. The molecule has 14 heavy (non-hydrogen) atoms. The molecule has 80 valence electrons. The summed E-state index contributed by atoms with van der Waals surface area (Å²) >= 11 is 0. The Kier molecular flexibility index (Phi) is 3.03. The van der Waals surface area contributed by atoms with Gasteiger partial charge >= 0.3 is 0 Å². The van der Waals surface area contributed by atoms with Crippen molar-refractivity contribution < 1.29 is 4.79 Å². The van der Waals surface area contributed by atoms with Gasteiger partial charge in [-0.3, -0.25) is 4.79 Å². The Morgan fingerprint density at radius 2 is 2.36 bits per heavy atom. The van der Waals surface area contributed by atoms with Crippen molar-refractivity contribution in [1.29, 1.82) is 0 Å². The van der Waals surface area contributed by atoms with Crippen molar-refractivity contribution in [3.63, 3.8) is 0 Å². The first-order chi connectivity index (χ1) is 6.75. The highest BCUT2D eigenvalue weighted by Crippen LogP contribution is 2.09. The molecule has 2 unspecified atom stereocenters. The Labute approximate surface area is 85.0 Å². The average molecular weight is 197 g/mol. The second-order valence-electron chi connectivity index (χ2n) is 4.41. The van der Waals surface area contributed by atoms with Gasteiger partial charge in [0.2, 0.25) is 5.91 Å². The maximum atomic E-state index is 11.7. The fraction of sp³-hybridized carbons (Fsp3) is 0.900. The standard InChI is InChI=1S/C10H19N3O/c1-13-6-4-8(7-13)12-10(14)9-3-2-5-11-9/h8-9,11H,2-7H2,1H3,(H,12,14). The van der Waals surface area contributed by atoms with Gasteiger partial charge in [-0.1, -0.05) is 0 Å². The number of nitrogens with zero attached hydrogens (tertiary/aromatic N) is 1. The summed E-state index contributed by atoms with van der Waals surface area (Å²) in [5, 5.41) is 6.32. The van der Waals surface area contributed by atoms with Gasteiger partial charge in [-0.15, -0.1) is 0 Å². The molecule has 2 N–H and O–H groups in total. The third-order valence-electron chi connectivity index (χ3n) is 3.11. The molecular weight excluding hydrogens is 178 g/mol. The molecule has 2 saturated heterocycles. The molecule has 2 rings (SSSR count). The fourth-order valence-electron chi connectivity index (χ4n) is 2.26. The summed E-state index contributed by atoms with van der Waals surface area (Å²) in [5.41, 5.74) is 0. The van der Waals surface area contributed by atoms with Crippen LogP contribution in [0.25, 0.3) is 0 Å². The Hall–Kier alpha value is -0.610. The maximum Gasteiger partial charge on any atom is 0.237 e. The molecular formula is C10H19N3O. The molecule has 2 heterocycles. The van der Waals surface area contributed by atoms with Crippen LogP contribution in [0, 0.1) is 0 Å². The lowest BCUT2D eigenvalue weighted by atomic mass is 10.2. The summed E-state index contributed by atoms with van der Waals surface area (Å²) in [5.74, 6) is 0.197. The lowest BCUT2D eigenvalue weighted by Crippen LogP contribution is -2.45. The largest absolute Gasteiger partial charge is 0.351 e. The number of hydrogen-bond donors (Lipinski definition) is 2. The first-order valence-corrected chi connectivity index (χ1v) is 5.48. The minimum absolute atomic E-state index is 0.0703. The third-order valence-corrected chi connectivity index (χ3v) is 3.11. The van der Waals surface area contributed by atoms with Crippen molar-refractivity contribution in [3.05, 3.63) is 0 Å². The number of likely N-dealkylation sites (tertiary alicyclic amines) is 1. The van der Waals surface area contributed by atoms with Gasteiger partial charge < -0.3 is 15.5 Å². The minimum Gasteiger partial charge on any atom is -0.351 e. The van der Waals surface area contributed by atoms with E-state index in [1.54, 1.807) is 0 Å². The summed E-state index contributed by atoms with van der Waals surface area (Å²) in [6.45, 7) is 3.09. The third kappa shape index (κ3) is 2.25.